The van der Waals surface area contributed by atoms with Gasteiger partial charge in [-0.15, -0.1) is 0 Å². The molecule has 6 nitrogen and oxygen atoms in total. The minimum absolute atomic E-state index is 0.168. The zero-order valence-electron chi connectivity index (χ0n) is 19.9. The van der Waals surface area contributed by atoms with Gasteiger partial charge in [0.2, 0.25) is 5.76 Å². The summed E-state index contributed by atoms with van der Waals surface area (Å²) in [5, 5.41) is 11.0. The molecule has 5 unspecified atom stereocenters. The van der Waals surface area contributed by atoms with E-state index in [2.05, 4.69) is 22.7 Å². The topological polar surface area (TPSA) is 76.4 Å². The standard InChI is InChI=1S/C27H35N3O3S/c1-27(14-18-11-19-13-20(15-27)22(19)12-18)29-25(31)23-24(34-21-5-3-2-4-6-21)26(30-33-23)32-16-17-7-9-28-10-8-17/h2-6,17-20,22,28H,7-16H2,1H3,(H,29,31). The predicted molar refractivity (Wildman–Crippen MR) is 131 cm³/mol. The maximum Gasteiger partial charge on any atom is 0.291 e. The third-order valence-corrected chi connectivity index (χ3v) is 9.70. The number of carbonyl (C=O) groups excluding carboxylic acids is 1. The molecule has 34 heavy (non-hydrogen) atoms. The molecule has 6 rings (SSSR count). The van der Waals surface area contributed by atoms with Crippen molar-refractivity contribution >= 4 is 17.7 Å². The van der Waals surface area contributed by atoms with Crippen LogP contribution in [0.3, 0.4) is 0 Å². The predicted octanol–water partition coefficient (Wildman–Crippen LogP) is 5.15. The van der Waals surface area contributed by atoms with Crippen LogP contribution in [0, 0.1) is 29.6 Å². The van der Waals surface area contributed by atoms with Gasteiger partial charge in [0.15, 0.2) is 0 Å². The Kier molecular flexibility index (Phi) is 6.10. The van der Waals surface area contributed by atoms with E-state index in [1.54, 1.807) is 0 Å². The summed E-state index contributed by atoms with van der Waals surface area (Å²) in [4.78, 5) is 15.3. The minimum atomic E-state index is -0.190. The Morgan fingerprint density at radius 3 is 2.82 bits per heavy atom. The lowest BCUT2D eigenvalue weighted by atomic mass is 9.62. The minimum Gasteiger partial charge on any atom is -0.474 e. The molecule has 3 aliphatic carbocycles. The van der Waals surface area contributed by atoms with Crippen LogP contribution in [0.2, 0.25) is 0 Å². The van der Waals surface area contributed by atoms with Gasteiger partial charge >= 0.3 is 0 Å². The number of benzene rings is 1. The first-order valence-electron chi connectivity index (χ1n) is 12.9. The number of nitrogens with zero attached hydrogens (tertiary/aromatic N) is 1. The maximum atomic E-state index is 13.6. The molecule has 1 saturated heterocycles. The van der Waals surface area contributed by atoms with E-state index in [0.717, 1.165) is 67.3 Å². The first kappa shape index (κ1) is 22.5. The van der Waals surface area contributed by atoms with Crippen LogP contribution in [0.5, 0.6) is 5.88 Å². The normalized spacial score (nSPS) is 32.6. The quantitative estimate of drug-likeness (QED) is 0.570. The molecule has 5 atom stereocenters. The number of rotatable bonds is 7. The van der Waals surface area contributed by atoms with Crippen LogP contribution in [0.4, 0.5) is 0 Å². The van der Waals surface area contributed by atoms with E-state index in [4.69, 9.17) is 9.26 Å². The molecule has 4 fully saturated rings. The Hall–Kier alpha value is -1.99. The van der Waals surface area contributed by atoms with Crippen LogP contribution < -0.4 is 15.4 Å². The third-order valence-electron chi connectivity index (χ3n) is 8.63. The van der Waals surface area contributed by atoms with Crippen LogP contribution >= 0.6 is 11.8 Å². The lowest BCUT2D eigenvalue weighted by Gasteiger charge is -2.46. The van der Waals surface area contributed by atoms with Crippen molar-refractivity contribution < 1.29 is 14.1 Å². The van der Waals surface area contributed by atoms with Gasteiger partial charge in [-0.05, 0) is 112 Å². The summed E-state index contributed by atoms with van der Waals surface area (Å²) in [7, 11) is 0. The molecular weight excluding hydrogens is 446 g/mol. The molecule has 2 heterocycles. The molecule has 2 aromatic rings. The first-order chi connectivity index (χ1) is 16.6. The zero-order chi connectivity index (χ0) is 23.1. The summed E-state index contributed by atoms with van der Waals surface area (Å²) in [6, 6.07) is 10.1. The van der Waals surface area contributed by atoms with Crippen molar-refractivity contribution in [3.63, 3.8) is 0 Å². The number of amides is 1. The number of piperidine rings is 1. The van der Waals surface area contributed by atoms with E-state index in [1.807, 2.05) is 30.3 Å². The van der Waals surface area contributed by atoms with Crippen LogP contribution in [0.15, 0.2) is 44.6 Å². The first-order valence-corrected chi connectivity index (χ1v) is 13.8. The average Bonchev–Trinajstić information content (AvgIpc) is 3.34. The highest BCUT2D eigenvalue weighted by atomic mass is 32.2. The molecule has 1 aliphatic heterocycles. The third kappa shape index (κ3) is 4.49. The fourth-order valence-corrected chi connectivity index (χ4v) is 8.01. The van der Waals surface area contributed by atoms with E-state index in [9.17, 15) is 4.79 Å². The van der Waals surface area contributed by atoms with Crippen molar-refractivity contribution in [3.8, 4) is 5.88 Å². The fraction of sp³-hybridized carbons (Fsp3) is 0.630. The van der Waals surface area contributed by atoms with Crippen LogP contribution in [-0.2, 0) is 0 Å². The molecule has 7 heteroatoms. The van der Waals surface area contributed by atoms with Gasteiger partial charge in [0.05, 0.1) is 6.61 Å². The summed E-state index contributed by atoms with van der Waals surface area (Å²) in [5.74, 6) is 4.39. The Labute approximate surface area is 205 Å². The number of carbonyl (C=O) groups is 1. The number of hydrogen-bond acceptors (Lipinski definition) is 6. The molecule has 1 aromatic carbocycles. The highest BCUT2D eigenvalue weighted by molar-refractivity contribution is 7.99. The van der Waals surface area contributed by atoms with Gasteiger partial charge in [-0.25, -0.2) is 0 Å². The van der Waals surface area contributed by atoms with Crippen molar-refractivity contribution in [1.82, 2.24) is 15.8 Å². The molecule has 2 N–H and O–H groups in total. The lowest BCUT2D eigenvalue weighted by Crippen LogP contribution is -2.50. The number of ether oxygens (including phenoxy) is 1. The van der Waals surface area contributed by atoms with Gasteiger partial charge in [-0.1, -0.05) is 30.0 Å². The van der Waals surface area contributed by atoms with E-state index >= 15 is 0 Å². The van der Waals surface area contributed by atoms with Gasteiger partial charge in [0, 0.05) is 10.4 Å². The maximum absolute atomic E-state index is 13.6. The molecule has 182 valence electrons. The second kappa shape index (κ2) is 9.23. The van der Waals surface area contributed by atoms with Crippen molar-refractivity contribution in [2.24, 2.45) is 29.6 Å². The Morgan fingerprint density at radius 1 is 1.18 bits per heavy atom. The molecule has 1 amide bonds. The van der Waals surface area contributed by atoms with Gasteiger partial charge in [0.25, 0.3) is 11.8 Å². The molecule has 1 aromatic heterocycles. The van der Waals surface area contributed by atoms with Gasteiger partial charge in [0.1, 0.15) is 4.90 Å². The molecule has 4 aliphatic rings. The van der Waals surface area contributed by atoms with Crippen LogP contribution in [0.25, 0.3) is 0 Å². The van der Waals surface area contributed by atoms with Crippen molar-refractivity contribution in [3.05, 3.63) is 36.1 Å². The summed E-state index contributed by atoms with van der Waals surface area (Å²) in [6.07, 6.45) is 8.37. The van der Waals surface area contributed by atoms with E-state index < -0.39 is 0 Å². The van der Waals surface area contributed by atoms with Crippen molar-refractivity contribution in [2.75, 3.05) is 19.7 Å². The largest absolute Gasteiger partial charge is 0.474 e. The summed E-state index contributed by atoms with van der Waals surface area (Å²) < 4.78 is 11.8. The molecule has 0 spiro atoms. The average molecular weight is 482 g/mol. The smallest absolute Gasteiger partial charge is 0.291 e. The molecular formula is C27H35N3O3S. The van der Waals surface area contributed by atoms with Crippen molar-refractivity contribution in [2.45, 2.75) is 67.2 Å². The lowest BCUT2D eigenvalue weighted by molar-refractivity contribution is 0.0556. The Morgan fingerprint density at radius 2 is 2.00 bits per heavy atom. The van der Waals surface area contributed by atoms with Gasteiger partial charge < -0.3 is 19.9 Å². The van der Waals surface area contributed by atoms with Gasteiger partial charge in [-0.2, -0.15) is 0 Å². The fourth-order valence-electron chi connectivity index (χ4n) is 7.07. The highest BCUT2D eigenvalue weighted by Crippen LogP contribution is 2.60. The number of fused-ring (bicyclic) bond motifs is 1. The molecule has 3 saturated carbocycles. The number of aromatic nitrogens is 1. The number of nitrogens with one attached hydrogen (secondary N) is 2. The second-order valence-corrected chi connectivity index (χ2v) is 12.3. The SMILES string of the molecule is CC1(NC(=O)c2onc(OCC3CCNCC3)c2Sc2ccccc2)CC2CC3CC(C1)C3C2. The van der Waals surface area contributed by atoms with Crippen LogP contribution in [-0.4, -0.2) is 36.3 Å². The molecule has 2 bridgehead atoms. The van der Waals surface area contributed by atoms with Crippen molar-refractivity contribution in [1.29, 1.82) is 0 Å². The Balaban J connectivity index is 1.21. The summed E-state index contributed by atoms with van der Waals surface area (Å²) in [6.45, 7) is 4.87. The summed E-state index contributed by atoms with van der Waals surface area (Å²) in [5.41, 5.74) is -0.190. The van der Waals surface area contributed by atoms with Crippen LogP contribution in [0.1, 0.15) is 62.4 Å². The zero-order valence-corrected chi connectivity index (χ0v) is 20.7. The Bertz CT molecular complexity index is 1020. The highest BCUT2D eigenvalue weighted by Gasteiger charge is 2.53. The number of hydrogen-bond donors (Lipinski definition) is 2. The second-order valence-electron chi connectivity index (χ2n) is 11.2. The monoisotopic (exact) mass is 481 g/mol. The summed E-state index contributed by atoms with van der Waals surface area (Å²) >= 11 is 1.49. The van der Waals surface area contributed by atoms with E-state index in [-0.39, 0.29) is 17.2 Å². The van der Waals surface area contributed by atoms with Gasteiger partial charge in [-0.3, -0.25) is 4.79 Å². The van der Waals surface area contributed by atoms with E-state index in [0.29, 0.717) is 23.3 Å². The van der Waals surface area contributed by atoms with E-state index in [1.165, 1.54) is 31.0 Å². The molecule has 0 radical (unpaired) electrons.